The van der Waals surface area contributed by atoms with Crippen LogP contribution < -0.4 is 5.32 Å². The van der Waals surface area contributed by atoms with E-state index < -0.39 is 0 Å². The number of aromatic nitrogens is 1. The van der Waals surface area contributed by atoms with Crippen molar-refractivity contribution in [1.82, 2.24) is 9.47 Å². The summed E-state index contributed by atoms with van der Waals surface area (Å²) in [5.74, 6) is 0.124. The van der Waals surface area contributed by atoms with Crippen LogP contribution >= 0.6 is 12.2 Å². The number of nitrogens with one attached hydrogen (secondary N) is 1. The summed E-state index contributed by atoms with van der Waals surface area (Å²) >= 11 is 5.51. The van der Waals surface area contributed by atoms with Crippen LogP contribution in [0.4, 0.5) is 11.4 Å². The fourth-order valence-electron chi connectivity index (χ4n) is 5.00. The number of benzene rings is 2. The van der Waals surface area contributed by atoms with Crippen LogP contribution in [0.25, 0.3) is 10.9 Å². The number of thiocarbonyl (C=S) groups is 1. The Morgan fingerprint density at radius 1 is 1.06 bits per heavy atom. The van der Waals surface area contributed by atoms with Gasteiger partial charge in [-0.3, -0.25) is 9.47 Å². The van der Waals surface area contributed by atoms with Gasteiger partial charge in [0, 0.05) is 17.1 Å². The smallest absolute Gasteiger partial charge is 0.221 e. The third kappa shape index (κ3) is 5.15. The standard InChI is InChI=1S/C27H35N5OS/c1-4-19-12-11-13-20(5-2)24(19)28-27(34)30-29-25-22-16-9-10-17-23(22)32(26(25)33)18-31(3)21-14-7-6-8-15-21/h9-13,16-17,21,33H,4-8,14-15,18H2,1-3H3,(H,28,34). The summed E-state index contributed by atoms with van der Waals surface area (Å²) in [5, 5.41) is 24.3. The summed E-state index contributed by atoms with van der Waals surface area (Å²) in [5.41, 5.74) is 4.80. The van der Waals surface area contributed by atoms with Gasteiger partial charge in [-0.15, -0.1) is 10.2 Å². The van der Waals surface area contributed by atoms with E-state index in [4.69, 9.17) is 12.2 Å². The van der Waals surface area contributed by atoms with Crippen LogP contribution in [-0.2, 0) is 19.5 Å². The number of aromatic hydroxyl groups is 1. The van der Waals surface area contributed by atoms with E-state index in [9.17, 15) is 5.11 Å². The van der Waals surface area contributed by atoms with Crippen LogP contribution in [-0.4, -0.2) is 32.8 Å². The molecule has 1 saturated carbocycles. The minimum absolute atomic E-state index is 0.124. The summed E-state index contributed by atoms with van der Waals surface area (Å²) in [6.07, 6.45) is 8.10. The maximum absolute atomic E-state index is 11.1. The van der Waals surface area contributed by atoms with Crippen molar-refractivity contribution in [3.63, 3.8) is 0 Å². The molecule has 0 saturated heterocycles. The van der Waals surface area contributed by atoms with Gasteiger partial charge in [-0.25, -0.2) is 0 Å². The average Bonchev–Trinajstić information content (AvgIpc) is 3.13. The van der Waals surface area contributed by atoms with E-state index >= 15 is 0 Å². The fraction of sp³-hybridized carbons (Fsp3) is 0.444. The highest BCUT2D eigenvalue weighted by atomic mass is 32.1. The van der Waals surface area contributed by atoms with Gasteiger partial charge in [0.1, 0.15) is 0 Å². The van der Waals surface area contributed by atoms with Crippen LogP contribution in [0.15, 0.2) is 52.7 Å². The van der Waals surface area contributed by atoms with Crippen LogP contribution in [0.1, 0.15) is 57.1 Å². The molecule has 0 atom stereocenters. The Bertz CT molecular complexity index is 1160. The molecule has 0 radical (unpaired) electrons. The van der Waals surface area contributed by atoms with E-state index in [2.05, 4.69) is 59.5 Å². The van der Waals surface area contributed by atoms with E-state index in [1.165, 1.54) is 43.2 Å². The molecule has 1 aromatic heterocycles. The van der Waals surface area contributed by atoms with E-state index in [-0.39, 0.29) is 11.0 Å². The zero-order valence-corrected chi connectivity index (χ0v) is 21.2. The molecule has 0 aliphatic heterocycles. The molecule has 1 fully saturated rings. The van der Waals surface area contributed by atoms with Crippen LogP contribution in [0.5, 0.6) is 5.88 Å². The molecule has 34 heavy (non-hydrogen) atoms. The molecule has 0 bridgehead atoms. The van der Waals surface area contributed by atoms with Crippen LogP contribution in [0, 0.1) is 0 Å². The Hall–Kier alpha value is -2.77. The molecule has 7 heteroatoms. The van der Waals surface area contributed by atoms with Gasteiger partial charge in [-0.05, 0) is 62.1 Å². The molecule has 0 spiro atoms. The number of hydrogen-bond donors (Lipinski definition) is 2. The Kier molecular flexibility index (Phi) is 7.95. The molecule has 6 nitrogen and oxygen atoms in total. The van der Waals surface area contributed by atoms with Crippen molar-refractivity contribution in [2.24, 2.45) is 10.2 Å². The van der Waals surface area contributed by atoms with Crippen molar-refractivity contribution in [3.8, 4) is 5.88 Å². The van der Waals surface area contributed by atoms with Gasteiger partial charge in [-0.2, -0.15) is 0 Å². The predicted octanol–water partition coefficient (Wildman–Crippen LogP) is 7.17. The van der Waals surface area contributed by atoms with Gasteiger partial charge in [0.2, 0.25) is 11.0 Å². The summed E-state index contributed by atoms with van der Waals surface area (Å²) in [4.78, 5) is 2.34. The Labute approximate surface area is 207 Å². The largest absolute Gasteiger partial charge is 0.493 e. The maximum atomic E-state index is 11.1. The lowest BCUT2D eigenvalue weighted by molar-refractivity contribution is 0.151. The van der Waals surface area contributed by atoms with E-state index in [1.54, 1.807) is 0 Å². The molecule has 2 aromatic carbocycles. The highest BCUT2D eigenvalue weighted by Gasteiger charge is 2.22. The number of anilines is 1. The molecule has 1 aliphatic rings. The number of hydrogen-bond acceptors (Lipinski definition) is 4. The highest BCUT2D eigenvalue weighted by Crippen LogP contribution is 2.39. The van der Waals surface area contributed by atoms with E-state index in [0.717, 1.165) is 29.4 Å². The second-order valence-electron chi connectivity index (χ2n) is 9.10. The van der Waals surface area contributed by atoms with Gasteiger partial charge in [0.15, 0.2) is 5.69 Å². The van der Waals surface area contributed by atoms with Crippen LogP contribution in [0.2, 0.25) is 0 Å². The number of rotatable bonds is 7. The van der Waals surface area contributed by atoms with Gasteiger partial charge in [-0.1, -0.05) is 69.5 Å². The van der Waals surface area contributed by atoms with Gasteiger partial charge in [0.25, 0.3) is 0 Å². The average molecular weight is 478 g/mol. The zero-order valence-electron chi connectivity index (χ0n) is 20.4. The summed E-state index contributed by atoms with van der Waals surface area (Å²) in [7, 11) is 2.14. The first-order valence-electron chi connectivity index (χ1n) is 12.4. The van der Waals surface area contributed by atoms with Crippen molar-refractivity contribution in [2.75, 3.05) is 12.4 Å². The molecule has 1 aliphatic carbocycles. The number of nitrogens with zero attached hydrogens (tertiary/aromatic N) is 4. The number of fused-ring (bicyclic) bond motifs is 1. The summed E-state index contributed by atoms with van der Waals surface area (Å²) < 4.78 is 1.93. The lowest BCUT2D eigenvalue weighted by Gasteiger charge is -2.31. The molecule has 180 valence electrons. The van der Waals surface area contributed by atoms with Gasteiger partial charge in [0.05, 0.1) is 12.2 Å². The minimum Gasteiger partial charge on any atom is -0.493 e. The van der Waals surface area contributed by atoms with Crippen molar-refractivity contribution in [3.05, 3.63) is 53.6 Å². The normalized spacial score (nSPS) is 14.9. The highest BCUT2D eigenvalue weighted by molar-refractivity contribution is 7.80. The Morgan fingerprint density at radius 2 is 1.74 bits per heavy atom. The SMILES string of the molecule is CCc1cccc(CC)c1NC(=S)N=Nc1c(O)n(CN(C)C2CCCCC2)c2ccccc12. The molecule has 2 N–H and O–H groups in total. The van der Waals surface area contributed by atoms with Crippen LogP contribution in [0.3, 0.4) is 0 Å². The Balaban J connectivity index is 1.59. The van der Waals surface area contributed by atoms with Crippen molar-refractivity contribution in [1.29, 1.82) is 0 Å². The Morgan fingerprint density at radius 3 is 2.41 bits per heavy atom. The van der Waals surface area contributed by atoms with Gasteiger partial charge < -0.3 is 10.4 Å². The van der Waals surface area contributed by atoms with Crippen molar-refractivity contribution < 1.29 is 5.11 Å². The molecular weight excluding hydrogens is 442 g/mol. The second-order valence-corrected chi connectivity index (χ2v) is 9.48. The molecule has 4 rings (SSSR count). The first kappa shape index (κ1) is 24.4. The first-order chi connectivity index (χ1) is 16.5. The zero-order chi connectivity index (χ0) is 24.1. The molecule has 3 aromatic rings. The molecular formula is C27H35N5OS. The topological polar surface area (TPSA) is 65.2 Å². The lowest BCUT2D eigenvalue weighted by atomic mass is 9.95. The molecule has 0 unspecified atom stereocenters. The lowest BCUT2D eigenvalue weighted by Crippen LogP contribution is -2.34. The van der Waals surface area contributed by atoms with Crippen molar-refractivity contribution in [2.45, 2.75) is 71.5 Å². The molecule has 1 heterocycles. The van der Waals surface area contributed by atoms with E-state index in [0.29, 0.717) is 18.4 Å². The second kappa shape index (κ2) is 11.1. The first-order valence-corrected chi connectivity index (χ1v) is 12.8. The third-order valence-electron chi connectivity index (χ3n) is 6.95. The minimum atomic E-state index is 0.124. The fourth-order valence-corrected chi connectivity index (χ4v) is 5.15. The quantitative estimate of drug-likeness (QED) is 0.279. The maximum Gasteiger partial charge on any atom is 0.221 e. The number of azo groups is 1. The monoisotopic (exact) mass is 477 g/mol. The summed E-state index contributed by atoms with van der Waals surface area (Å²) in [6.45, 7) is 4.86. The van der Waals surface area contributed by atoms with Gasteiger partial charge >= 0.3 is 0 Å². The molecule has 0 amide bonds. The third-order valence-corrected chi connectivity index (χ3v) is 7.14. The van der Waals surface area contributed by atoms with Crippen molar-refractivity contribution >= 4 is 39.6 Å². The number of para-hydroxylation sites is 2. The predicted molar refractivity (Wildman–Crippen MR) is 144 cm³/mol. The van der Waals surface area contributed by atoms with E-state index in [1.807, 2.05) is 28.8 Å². The summed E-state index contributed by atoms with van der Waals surface area (Å²) in [6, 6.07) is 14.8. The number of aryl methyl sites for hydroxylation is 2.